The molecule has 3 aromatic rings. The fourth-order valence-electron chi connectivity index (χ4n) is 2.64. The Morgan fingerprint density at radius 1 is 1.32 bits per heavy atom. The first kappa shape index (κ1) is 19.4. The molecule has 2 aromatic carbocycles. The highest BCUT2D eigenvalue weighted by Crippen LogP contribution is 2.31. The maximum atomic E-state index is 12.6. The van der Waals surface area contributed by atoms with E-state index in [1.54, 1.807) is 12.1 Å². The summed E-state index contributed by atoms with van der Waals surface area (Å²) in [7, 11) is 0. The Balaban J connectivity index is 1.93. The standard InChI is InChI=1S/C19H17ClN4O4/c1-3-23-18(16(20)11-21-23)19(25)22-13-8-14(24(26)27)10-15(9-13)28-17-7-5-4-6-12(17)2/h4-11H,3H2,1-2H3,(H,22,25). The Morgan fingerprint density at radius 2 is 2.07 bits per heavy atom. The number of amides is 1. The number of carbonyl (C=O) groups excluding carboxylic acids is 1. The van der Waals surface area contributed by atoms with Crippen molar-refractivity contribution in [2.75, 3.05) is 5.32 Å². The molecule has 0 bridgehead atoms. The van der Waals surface area contributed by atoms with E-state index in [0.29, 0.717) is 12.3 Å². The molecule has 0 aliphatic carbocycles. The molecular formula is C19H17ClN4O4. The number of nitro groups is 1. The second kappa shape index (κ2) is 8.10. The van der Waals surface area contributed by atoms with E-state index in [9.17, 15) is 14.9 Å². The predicted molar refractivity (Wildman–Crippen MR) is 105 cm³/mol. The minimum Gasteiger partial charge on any atom is -0.457 e. The molecule has 0 saturated heterocycles. The van der Waals surface area contributed by atoms with Gasteiger partial charge in [-0.2, -0.15) is 5.10 Å². The molecule has 1 amide bonds. The highest BCUT2D eigenvalue weighted by atomic mass is 35.5. The maximum absolute atomic E-state index is 12.6. The van der Waals surface area contributed by atoms with Gasteiger partial charge in [0.05, 0.1) is 27.9 Å². The molecule has 0 spiro atoms. The van der Waals surface area contributed by atoms with Gasteiger partial charge in [-0.25, -0.2) is 0 Å². The van der Waals surface area contributed by atoms with Gasteiger partial charge in [0, 0.05) is 18.7 Å². The molecule has 9 heteroatoms. The second-order valence-electron chi connectivity index (χ2n) is 5.95. The molecule has 144 valence electrons. The molecule has 8 nitrogen and oxygen atoms in total. The molecule has 0 radical (unpaired) electrons. The van der Waals surface area contributed by atoms with E-state index in [-0.39, 0.29) is 27.8 Å². The summed E-state index contributed by atoms with van der Waals surface area (Å²) in [6, 6.07) is 11.3. The van der Waals surface area contributed by atoms with Crippen LogP contribution < -0.4 is 10.1 Å². The molecule has 1 heterocycles. The molecular weight excluding hydrogens is 384 g/mol. The number of nitrogens with one attached hydrogen (secondary N) is 1. The fraction of sp³-hybridized carbons (Fsp3) is 0.158. The van der Waals surface area contributed by atoms with Crippen molar-refractivity contribution in [1.82, 2.24) is 9.78 Å². The number of benzene rings is 2. The number of para-hydroxylation sites is 1. The number of halogens is 1. The van der Waals surface area contributed by atoms with Crippen molar-refractivity contribution in [3.8, 4) is 11.5 Å². The van der Waals surface area contributed by atoms with E-state index in [0.717, 1.165) is 5.56 Å². The van der Waals surface area contributed by atoms with Gasteiger partial charge in [0.15, 0.2) is 0 Å². The van der Waals surface area contributed by atoms with Gasteiger partial charge in [0.25, 0.3) is 11.6 Å². The zero-order valence-electron chi connectivity index (χ0n) is 15.2. The fourth-order valence-corrected chi connectivity index (χ4v) is 2.86. The van der Waals surface area contributed by atoms with Gasteiger partial charge in [-0.15, -0.1) is 0 Å². The van der Waals surface area contributed by atoms with Gasteiger partial charge in [-0.05, 0) is 25.5 Å². The van der Waals surface area contributed by atoms with Crippen LogP contribution in [0.3, 0.4) is 0 Å². The second-order valence-corrected chi connectivity index (χ2v) is 6.36. The summed E-state index contributed by atoms with van der Waals surface area (Å²) in [6.45, 7) is 4.14. The Hall–Kier alpha value is -3.39. The number of anilines is 1. The molecule has 1 N–H and O–H groups in total. The van der Waals surface area contributed by atoms with Crippen LogP contribution >= 0.6 is 11.6 Å². The molecule has 0 fully saturated rings. The lowest BCUT2D eigenvalue weighted by Crippen LogP contribution is -2.18. The van der Waals surface area contributed by atoms with E-state index >= 15 is 0 Å². The molecule has 28 heavy (non-hydrogen) atoms. The average Bonchev–Trinajstić information content (AvgIpc) is 3.04. The van der Waals surface area contributed by atoms with Gasteiger partial charge in [-0.1, -0.05) is 29.8 Å². The predicted octanol–water partition coefficient (Wildman–Crippen LogP) is 4.82. The van der Waals surface area contributed by atoms with Crippen LogP contribution in [0.1, 0.15) is 23.0 Å². The van der Waals surface area contributed by atoms with Crippen molar-refractivity contribution in [3.63, 3.8) is 0 Å². The summed E-state index contributed by atoms with van der Waals surface area (Å²) < 4.78 is 7.23. The van der Waals surface area contributed by atoms with Crippen LogP contribution in [0.2, 0.25) is 5.02 Å². The summed E-state index contributed by atoms with van der Waals surface area (Å²) in [5, 5.41) is 18.1. The molecule has 0 aliphatic heterocycles. The molecule has 0 unspecified atom stereocenters. The van der Waals surface area contributed by atoms with E-state index in [4.69, 9.17) is 16.3 Å². The number of rotatable bonds is 6. The first-order valence-corrected chi connectivity index (χ1v) is 8.82. The van der Waals surface area contributed by atoms with Crippen LogP contribution in [0.15, 0.2) is 48.7 Å². The number of ether oxygens (including phenoxy) is 1. The zero-order valence-corrected chi connectivity index (χ0v) is 15.9. The molecule has 0 saturated carbocycles. The number of aryl methyl sites for hydroxylation is 2. The first-order valence-electron chi connectivity index (χ1n) is 8.44. The lowest BCUT2D eigenvalue weighted by atomic mass is 10.2. The Morgan fingerprint density at radius 3 is 2.75 bits per heavy atom. The van der Waals surface area contributed by atoms with Gasteiger partial charge < -0.3 is 10.1 Å². The van der Waals surface area contributed by atoms with Gasteiger partial charge in [-0.3, -0.25) is 19.6 Å². The van der Waals surface area contributed by atoms with Crippen molar-refractivity contribution in [3.05, 3.63) is 75.1 Å². The quantitative estimate of drug-likeness (QED) is 0.472. The van der Waals surface area contributed by atoms with E-state index < -0.39 is 10.8 Å². The SMILES string of the molecule is CCn1ncc(Cl)c1C(=O)Nc1cc(Oc2ccccc2C)cc([N+](=O)[O-])c1. The highest BCUT2D eigenvalue weighted by Gasteiger charge is 2.19. The van der Waals surface area contributed by atoms with Crippen LogP contribution in [0.4, 0.5) is 11.4 Å². The molecule has 0 atom stereocenters. The summed E-state index contributed by atoms with van der Waals surface area (Å²) in [4.78, 5) is 23.4. The normalized spacial score (nSPS) is 10.5. The van der Waals surface area contributed by atoms with E-state index in [1.807, 2.05) is 26.0 Å². The Labute approximate surface area is 165 Å². The zero-order chi connectivity index (χ0) is 20.3. The minimum atomic E-state index is -0.552. The third kappa shape index (κ3) is 4.12. The number of aromatic nitrogens is 2. The summed E-state index contributed by atoms with van der Waals surface area (Å²) in [5.74, 6) is 0.271. The first-order chi connectivity index (χ1) is 13.4. The van der Waals surface area contributed by atoms with E-state index in [2.05, 4.69) is 10.4 Å². The Kier molecular flexibility index (Phi) is 5.60. The van der Waals surface area contributed by atoms with Gasteiger partial charge in [0.1, 0.15) is 17.2 Å². The summed E-state index contributed by atoms with van der Waals surface area (Å²) >= 11 is 6.05. The van der Waals surface area contributed by atoms with Crippen molar-refractivity contribution >= 4 is 28.9 Å². The van der Waals surface area contributed by atoms with Crippen molar-refractivity contribution in [2.45, 2.75) is 20.4 Å². The van der Waals surface area contributed by atoms with Crippen LogP contribution in [0.25, 0.3) is 0 Å². The van der Waals surface area contributed by atoms with Crippen molar-refractivity contribution < 1.29 is 14.5 Å². The van der Waals surface area contributed by atoms with Crippen LogP contribution in [0.5, 0.6) is 11.5 Å². The van der Waals surface area contributed by atoms with Gasteiger partial charge in [0.2, 0.25) is 0 Å². The number of hydrogen-bond acceptors (Lipinski definition) is 5. The van der Waals surface area contributed by atoms with Crippen LogP contribution in [0, 0.1) is 17.0 Å². The number of nitrogens with zero attached hydrogens (tertiary/aromatic N) is 3. The lowest BCUT2D eigenvalue weighted by molar-refractivity contribution is -0.384. The largest absolute Gasteiger partial charge is 0.457 e. The Bertz CT molecular complexity index is 1050. The van der Waals surface area contributed by atoms with Crippen LogP contribution in [-0.4, -0.2) is 20.6 Å². The smallest absolute Gasteiger partial charge is 0.275 e. The van der Waals surface area contributed by atoms with Crippen molar-refractivity contribution in [1.29, 1.82) is 0 Å². The topological polar surface area (TPSA) is 99.3 Å². The van der Waals surface area contributed by atoms with Crippen molar-refractivity contribution in [2.24, 2.45) is 0 Å². The van der Waals surface area contributed by atoms with E-state index in [1.165, 1.54) is 29.1 Å². The maximum Gasteiger partial charge on any atom is 0.275 e. The highest BCUT2D eigenvalue weighted by molar-refractivity contribution is 6.34. The monoisotopic (exact) mass is 400 g/mol. The molecule has 1 aromatic heterocycles. The number of nitro benzene ring substituents is 1. The summed E-state index contributed by atoms with van der Waals surface area (Å²) in [5.41, 5.74) is 1.05. The number of hydrogen-bond donors (Lipinski definition) is 1. The molecule has 0 aliphatic rings. The average molecular weight is 401 g/mol. The van der Waals surface area contributed by atoms with Crippen LogP contribution in [-0.2, 0) is 6.54 Å². The number of carbonyl (C=O) groups is 1. The number of non-ortho nitro benzene ring substituents is 1. The molecule has 3 rings (SSSR count). The van der Waals surface area contributed by atoms with Gasteiger partial charge >= 0.3 is 0 Å². The summed E-state index contributed by atoms with van der Waals surface area (Å²) in [6.07, 6.45) is 1.38. The minimum absolute atomic E-state index is 0.178. The third-order valence-electron chi connectivity index (χ3n) is 3.99. The third-order valence-corrected chi connectivity index (χ3v) is 4.27. The lowest BCUT2D eigenvalue weighted by Gasteiger charge is -2.11.